The maximum Gasteiger partial charge on any atom is 0.0585 e. The standard InChI is InChI=1S/C10H15BrN2/c1-7(2)6-13-10-5-8(11)3-4-9(10)12/h3-5,7,13H,6,12H2,1-2H3. The highest BCUT2D eigenvalue weighted by Gasteiger charge is 1.99. The van der Waals surface area contributed by atoms with Crippen molar-refractivity contribution in [3.8, 4) is 0 Å². The van der Waals surface area contributed by atoms with Crippen LogP contribution in [0.2, 0.25) is 0 Å². The van der Waals surface area contributed by atoms with E-state index in [1.807, 2.05) is 18.2 Å². The van der Waals surface area contributed by atoms with Gasteiger partial charge in [0, 0.05) is 11.0 Å². The Morgan fingerprint density at radius 3 is 2.77 bits per heavy atom. The van der Waals surface area contributed by atoms with Crippen LogP contribution in [0.1, 0.15) is 13.8 Å². The average Bonchev–Trinajstić information content (AvgIpc) is 2.06. The fourth-order valence-electron chi connectivity index (χ4n) is 0.996. The molecule has 3 heteroatoms. The highest BCUT2D eigenvalue weighted by atomic mass is 79.9. The minimum absolute atomic E-state index is 0.624. The minimum Gasteiger partial charge on any atom is -0.397 e. The molecule has 2 nitrogen and oxygen atoms in total. The van der Waals surface area contributed by atoms with Gasteiger partial charge in [-0.25, -0.2) is 0 Å². The second kappa shape index (κ2) is 4.51. The first-order valence-corrected chi connectivity index (χ1v) is 5.18. The van der Waals surface area contributed by atoms with E-state index in [9.17, 15) is 0 Å². The fraction of sp³-hybridized carbons (Fsp3) is 0.400. The van der Waals surface area contributed by atoms with E-state index in [1.165, 1.54) is 0 Å². The second-order valence-electron chi connectivity index (χ2n) is 3.51. The molecule has 0 atom stereocenters. The Hall–Kier alpha value is -0.700. The molecule has 0 amide bonds. The van der Waals surface area contributed by atoms with Gasteiger partial charge in [0.1, 0.15) is 0 Å². The number of nitrogens with two attached hydrogens (primary N) is 1. The molecule has 1 aromatic rings. The maximum absolute atomic E-state index is 5.79. The molecule has 3 N–H and O–H groups in total. The smallest absolute Gasteiger partial charge is 0.0585 e. The van der Waals surface area contributed by atoms with E-state index in [4.69, 9.17) is 5.73 Å². The van der Waals surface area contributed by atoms with E-state index in [-0.39, 0.29) is 0 Å². The first-order valence-electron chi connectivity index (χ1n) is 4.38. The van der Waals surface area contributed by atoms with Crippen LogP contribution < -0.4 is 11.1 Å². The monoisotopic (exact) mass is 242 g/mol. The third kappa shape index (κ3) is 3.27. The molecular weight excluding hydrogens is 228 g/mol. The molecule has 72 valence electrons. The van der Waals surface area contributed by atoms with Gasteiger partial charge in [0.05, 0.1) is 11.4 Å². The van der Waals surface area contributed by atoms with Crippen molar-refractivity contribution in [1.29, 1.82) is 0 Å². The van der Waals surface area contributed by atoms with E-state index in [1.54, 1.807) is 0 Å². The summed E-state index contributed by atoms with van der Waals surface area (Å²) in [7, 11) is 0. The van der Waals surface area contributed by atoms with Crippen LogP contribution >= 0.6 is 15.9 Å². The van der Waals surface area contributed by atoms with Crippen LogP contribution in [-0.4, -0.2) is 6.54 Å². The number of hydrogen-bond acceptors (Lipinski definition) is 2. The molecule has 0 saturated heterocycles. The van der Waals surface area contributed by atoms with Crippen molar-refractivity contribution in [2.45, 2.75) is 13.8 Å². The van der Waals surface area contributed by atoms with E-state index < -0.39 is 0 Å². The molecule has 1 rings (SSSR count). The van der Waals surface area contributed by atoms with Crippen LogP contribution in [0, 0.1) is 5.92 Å². The van der Waals surface area contributed by atoms with Crippen molar-refractivity contribution in [2.24, 2.45) is 5.92 Å². The zero-order valence-corrected chi connectivity index (χ0v) is 9.56. The fourth-order valence-corrected chi connectivity index (χ4v) is 1.36. The first-order chi connectivity index (χ1) is 6.09. The molecule has 0 heterocycles. The minimum atomic E-state index is 0.624. The summed E-state index contributed by atoms with van der Waals surface area (Å²) in [5.74, 6) is 0.624. The number of nitrogens with one attached hydrogen (secondary N) is 1. The van der Waals surface area contributed by atoms with Crippen LogP contribution in [0.15, 0.2) is 22.7 Å². The van der Waals surface area contributed by atoms with Gasteiger partial charge in [-0.15, -0.1) is 0 Å². The Balaban J connectivity index is 2.70. The molecule has 0 aliphatic carbocycles. The predicted octanol–water partition coefficient (Wildman–Crippen LogP) is 3.10. The van der Waals surface area contributed by atoms with Gasteiger partial charge in [-0.3, -0.25) is 0 Å². The summed E-state index contributed by atoms with van der Waals surface area (Å²) in [6.07, 6.45) is 0. The molecule has 0 bridgehead atoms. The third-order valence-electron chi connectivity index (χ3n) is 1.72. The van der Waals surface area contributed by atoms with Gasteiger partial charge < -0.3 is 11.1 Å². The largest absolute Gasteiger partial charge is 0.397 e. The highest BCUT2D eigenvalue weighted by molar-refractivity contribution is 9.10. The number of rotatable bonds is 3. The van der Waals surface area contributed by atoms with Gasteiger partial charge in [-0.2, -0.15) is 0 Å². The first kappa shape index (κ1) is 10.4. The molecule has 0 spiro atoms. The van der Waals surface area contributed by atoms with Gasteiger partial charge in [-0.05, 0) is 24.1 Å². The summed E-state index contributed by atoms with van der Waals surface area (Å²) in [6, 6.07) is 5.83. The summed E-state index contributed by atoms with van der Waals surface area (Å²) in [6.45, 7) is 5.28. The number of benzene rings is 1. The van der Waals surface area contributed by atoms with E-state index in [2.05, 4.69) is 35.1 Å². The Labute approximate surface area is 87.6 Å². The molecular formula is C10H15BrN2. The Kier molecular flexibility index (Phi) is 3.60. The van der Waals surface area contributed by atoms with Crippen molar-refractivity contribution < 1.29 is 0 Å². The Morgan fingerprint density at radius 2 is 2.15 bits per heavy atom. The molecule has 0 aliphatic heterocycles. The number of anilines is 2. The van der Waals surface area contributed by atoms with Gasteiger partial charge in [0.15, 0.2) is 0 Å². The summed E-state index contributed by atoms with van der Waals surface area (Å²) < 4.78 is 1.05. The van der Waals surface area contributed by atoms with Gasteiger partial charge in [0.2, 0.25) is 0 Å². The predicted molar refractivity (Wildman–Crippen MR) is 61.9 cm³/mol. The molecule has 0 saturated carbocycles. The van der Waals surface area contributed by atoms with Crippen molar-refractivity contribution in [3.05, 3.63) is 22.7 Å². The lowest BCUT2D eigenvalue weighted by Gasteiger charge is -2.11. The van der Waals surface area contributed by atoms with Crippen LogP contribution in [-0.2, 0) is 0 Å². The molecule has 0 aromatic heterocycles. The Bertz CT molecular complexity index is 284. The van der Waals surface area contributed by atoms with Crippen molar-refractivity contribution in [2.75, 3.05) is 17.6 Å². The highest BCUT2D eigenvalue weighted by Crippen LogP contribution is 2.23. The summed E-state index contributed by atoms with van der Waals surface area (Å²) in [5, 5.41) is 3.30. The average molecular weight is 243 g/mol. The lowest BCUT2D eigenvalue weighted by molar-refractivity contribution is 0.689. The molecule has 0 aliphatic rings. The summed E-state index contributed by atoms with van der Waals surface area (Å²) in [5.41, 5.74) is 7.59. The number of halogens is 1. The lowest BCUT2D eigenvalue weighted by atomic mass is 10.2. The topological polar surface area (TPSA) is 38.0 Å². The van der Waals surface area contributed by atoms with Crippen LogP contribution in [0.3, 0.4) is 0 Å². The maximum atomic E-state index is 5.79. The molecule has 0 unspecified atom stereocenters. The second-order valence-corrected chi connectivity index (χ2v) is 4.42. The Morgan fingerprint density at radius 1 is 1.46 bits per heavy atom. The normalized spacial score (nSPS) is 10.5. The van der Waals surface area contributed by atoms with E-state index >= 15 is 0 Å². The molecule has 0 fully saturated rings. The number of hydrogen-bond donors (Lipinski definition) is 2. The van der Waals surface area contributed by atoms with Crippen LogP contribution in [0.25, 0.3) is 0 Å². The van der Waals surface area contributed by atoms with Crippen molar-refractivity contribution >= 4 is 27.3 Å². The lowest BCUT2D eigenvalue weighted by Crippen LogP contribution is -2.09. The zero-order valence-electron chi connectivity index (χ0n) is 7.97. The van der Waals surface area contributed by atoms with Gasteiger partial charge in [-0.1, -0.05) is 29.8 Å². The zero-order chi connectivity index (χ0) is 9.84. The van der Waals surface area contributed by atoms with E-state index in [0.29, 0.717) is 5.92 Å². The molecule has 1 aromatic carbocycles. The number of nitrogen functional groups attached to an aromatic ring is 1. The van der Waals surface area contributed by atoms with Crippen molar-refractivity contribution in [1.82, 2.24) is 0 Å². The molecule has 0 radical (unpaired) electrons. The summed E-state index contributed by atoms with van der Waals surface area (Å²) in [4.78, 5) is 0. The third-order valence-corrected chi connectivity index (χ3v) is 2.21. The van der Waals surface area contributed by atoms with E-state index in [0.717, 1.165) is 22.4 Å². The molecule has 13 heavy (non-hydrogen) atoms. The van der Waals surface area contributed by atoms with Crippen LogP contribution in [0.4, 0.5) is 11.4 Å². The van der Waals surface area contributed by atoms with Crippen LogP contribution in [0.5, 0.6) is 0 Å². The SMILES string of the molecule is CC(C)CNc1cc(Br)ccc1N. The van der Waals surface area contributed by atoms with Crippen molar-refractivity contribution in [3.63, 3.8) is 0 Å². The van der Waals surface area contributed by atoms with Gasteiger partial charge in [0.25, 0.3) is 0 Å². The quantitative estimate of drug-likeness (QED) is 0.800. The summed E-state index contributed by atoms with van der Waals surface area (Å²) >= 11 is 3.41. The van der Waals surface area contributed by atoms with Gasteiger partial charge >= 0.3 is 0 Å².